The average Bonchev–Trinajstić information content (AvgIpc) is 2.55. The van der Waals surface area contributed by atoms with Crippen LogP contribution in [0.4, 0.5) is 4.39 Å². The fourth-order valence-corrected chi connectivity index (χ4v) is 2.13. The van der Waals surface area contributed by atoms with Crippen LogP contribution in [0.25, 0.3) is 0 Å². The Kier molecular flexibility index (Phi) is 5.30. The lowest BCUT2D eigenvalue weighted by atomic mass is 10.0. The van der Waals surface area contributed by atoms with Gasteiger partial charge in [-0.3, -0.25) is 4.79 Å². The van der Waals surface area contributed by atoms with Crippen LogP contribution < -0.4 is 10.1 Å². The van der Waals surface area contributed by atoms with Crippen molar-refractivity contribution >= 4 is 11.9 Å². The molecule has 1 amide bonds. The number of carboxylic acid groups (broad SMARTS) is 1. The lowest BCUT2D eigenvalue weighted by molar-refractivity contribution is -0.139. The molecule has 23 heavy (non-hydrogen) atoms. The van der Waals surface area contributed by atoms with Crippen molar-refractivity contribution in [1.29, 1.82) is 0 Å². The number of hydrogen-bond acceptors (Lipinski definition) is 3. The normalized spacial score (nSPS) is 11.6. The zero-order valence-corrected chi connectivity index (χ0v) is 12.5. The highest BCUT2D eigenvalue weighted by Crippen LogP contribution is 2.19. The summed E-state index contributed by atoms with van der Waals surface area (Å²) in [6.07, 6.45) is 0.0757. The van der Waals surface area contributed by atoms with E-state index in [1.54, 1.807) is 24.3 Å². The zero-order valence-electron chi connectivity index (χ0n) is 12.5. The van der Waals surface area contributed by atoms with E-state index in [-0.39, 0.29) is 12.0 Å². The highest BCUT2D eigenvalue weighted by Gasteiger charge is 2.22. The Bertz CT molecular complexity index is 700. The summed E-state index contributed by atoms with van der Waals surface area (Å²) in [5, 5.41) is 11.8. The maximum absolute atomic E-state index is 12.9. The smallest absolute Gasteiger partial charge is 0.326 e. The number of para-hydroxylation sites is 1. The van der Waals surface area contributed by atoms with E-state index in [0.29, 0.717) is 11.3 Å². The maximum Gasteiger partial charge on any atom is 0.326 e. The van der Waals surface area contributed by atoms with Crippen molar-refractivity contribution < 1.29 is 23.8 Å². The number of carbonyl (C=O) groups excluding carboxylic acids is 1. The zero-order chi connectivity index (χ0) is 16.8. The van der Waals surface area contributed by atoms with Crippen molar-refractivity contribution in [2.45, 2.75) is 12.5 Å². The van der Waals surface area contributed by atoms with Gasteiger partial charge in [-0.25, -0.2) is 9.18 Å². The Morgan fingerprint density at radius 2 is 1.83 bits per heavy atom. The number of carbonyl (C=O) groups is 2. The van der Waals surface area contributed by atoms with E-state index in [1.807, 2.05) is 0 Å². The Morgan fingerprint density at radius 3 is 2.43 bits per heavy atom. The second-order valence-electron chi connectivity index (χ2n) is 4.89. The fourth-order valence-electron chi connectivity index (χ4n) is 2.13. The molecule has 0 saturated heterocycles. The molecule has 6 heteroatoms. The molecule has 0 aliphatic rings. The van der Waals surface area contributed by atoms with Crippen molar-refractivity contribution in [3.63, 3.8) is 0 Å². The molecule has 5 nitrogen and oxygen atoms in total. The summed E-state index contributed by atoms with van der Waals surface area (Å²) in [5.41, 5.74) is 0.861. The molecular formula is C17H16FNO4. The molecule has 1 atom stereocenters. The van der Waals surface area contributed by atoms with Gasteiger partial charge in [-0.15, -0.1) is 0 Å². The monoisotopic (exact) mass is 317 g/mol. The first-order valence-corrected chi connectivity index (χ1v) is 6.92. The molecule has 0 heterocycles. The van der Waals surface area contributed by atoms with E-state index in [4.69, 9.17) is 4.74 Å². The van der Waals surface area contributed by atoms with Crippen LogP contribution in [0.5, 0.6) is 5.75 Å². The molecule has 0 aliphatic heterocycles. The number of hydrogen-bond donors (Lipinski definition) is 2. The van der Waals surface area contributed by atoms with Gasteiger partial charge in [0.2, 0.25) is 0 Å². The molecule has 2 aromatic carbocycles. The van der Waals surface area contributed by atoms with Crippen LogP contribution in [-0.2, 0) is 11.2 Å². The first kappa shape index (κ1) is 16.5. The van der Waals surface area contributed by atoms with Gasteiger partial charge < -0.3 is 15.2 Å². The molecule has 2 rings (SSSR count). The number of carboxylic acids is 1. The van der Waals surface area contributed by atoms with E-state index < -0.39 is 23.7 Å². The third-order valence-electron chi connectivity index (χ3n) is 3.33. The Balaban J connectivity index is 2.14. The van der Waals surface area contributed by atoms with Crippen LogP contribution in [0.2, 0.25) is 0 Å². The largest absolute Gasteiger partial charge is 0.496 e. The standard InChI is InChI=1S/C17H16FNO4/c1-23-15-5-3-2-4-12(15)10-14(17(21)22)19-16(20)11-6-8-13(18)9-7-11/h2-9,14H,10H2,1H3,(H,19,20)(H,21,22)/t14-/m1/s1. The molecular weight excluding hydrogens is 301 g/mol. The molecule has 2 N–H and O–H groups in total. The van der Waals surface area contributed by atoms with E-state index in [2.05, 4.69) is 5.32 Å². The molecule has 120 valence electrons. The molecule has 0 aliphatic carbocycles. The molecule has 0 bridgehead atoms. The minimum absolute atomic E-state index is 0.0757. The van der Waals surface area contributed by atoms with Gasteiger partial charge in [0.15, 0.2) is 0 Å². The van der Waals surface area contributed by atoms with Gasteiger partial charge in [-0.1, -0.05) is 18.2 Å². The predicted molar refractivity (Wildman–Crippen MR) is 82.0 cm³/mol. The van der Waals surface area contributed by atoms with E-state index in [9.17, 15) is 19.1 Å². The van der Waals surface area contributed by atoms with E-state index >= 15 is 0 Å². The molecule has 0 radical (unpaired) electrons. The maximum atomic E-state index is 12.9. The third kappa shape index (κ3) is 4.29. The molecule has 0 spiro atoms. The van der Waals surface area contributed by atoms with Gasteiger partial charge in [0.25, 0.3) is 5.91 Å². The minimum atomic E-state index is -1.16. The number of ether oxygens (including phenoxy) is 1. The van der Waals surface area contributed by atoms with Crippen LogP contribution in [0.3, 0.4) is 0 Å². The third-order valence-corrected chi connectivity index (χ3v) is 3.33. The summed E-state index contributed by atoms with van der Waals surface area (Å²) < 4.78 is 18.1. The number of methoxy groups -OCH3 is 1. The second kappa shape index (κ2) is 7.40. The van der Waals surface area contributed by atoms with Crippen molar-refractivity contribution in [3.05, 3.63) is 65.5 Å². The Labute approximate surface area is 132 Å². The average molecular weight is 317 g/mol. The summed E-state index contributed by atoms with van der Waals surface area (Å²) in [6, 6.07) is 10.8. The fraction of sp³-hybridized carbons (Fsp3) is 0.176. The Hall–Kier alpha value is -2.89. The number of halogens is 1. The van der Waals surface area contributed by atoms with Crippen LogP contribution in [0, 0.1) is 5.82 Å². The minimum Gasteiger partial charge on any atom is -0.496 e. The summed E-state index contributed by atoms with van der Waals surface area (Å²) >= 11 is 0. The molecule has 2 aromatic rings. The summed E-state index contributed by atoms with van der Waals surface area (Å²) in [4.78, 5) is 23.5. The summed E-state index contributed by atoms with van der Waals surface area (Å²) in [7, 11) is 1.49. The van der Waals surface area contributed by atoms with Gasteiger partial charge >= 0.3 is 5.97 Å². The first-order valence-electron chi connectivity index (χ1n) is 6.92. The molecule has 0 unspecified atom stereocenters. The molecule has 0 aromatic heterocycles. The number of benzene rings is 2. The van der Waals surface area contributed by atoms with Crippen LogP contribution in [0.15, 0.2) is 48.5 Å². The van der Waals surface area contributed by atoms with Crippen LogP contribution in [0.1, 0.15) is 15.9 Å². The number of amides is 1. The van der Waals surface area contributed by atoms with Crippen molar-refractivity contribution in [3.8, 4) is 5.75 Å². The van der Waals surface area contributed by atoms with Gasteiger partial charge in [0.05, 0.1) is 7.11 Å². The van der Waals surface area contributed by atoms with Crippen molar-refractivity contribution in [2.75, 3.05) is 7.11 Å². The van der Waals surface area contributed by atoms with E-state index in [1.165, 1.54) is 19.2 Å². The van der Waals surface area contributed by atoms with Crippen LogP contribution >= 0.6 is 0 Å². The van der Waals surface area contributed by atoms with Gasteiger partial charge in [0.1, 0.15) is 17.6 Å². The second-order valence-corrected chi connectivity index (χ2v) is 4.89. The topological polar surface area (TPSA) is 75.6 Å². The van der Waals surface area contributed by atoms with Gasteiger partial charge in [0, 0.05) is 12.0 Å². The quantitative estimate of drug-likeness (QED) is 0.857. The predicted octanol–water partition coefficient (Wildman–Crippen LogP) is 2.26. The Morgan fingerprint density at radius 1 is 1.17 bits per heavy atom. The highest BCUT2D eigenvalue weighted by molar-refractivity contribution is 5.96. The summed E-state index contributed by atoms with van der Waals surface area (Å²) in [6.45, 7) is 0. The first-order chi connectivity index (χ1) is 11.0. The SMILES string of the molecule is COc1ccccc1C[C@@H](NC(=O)c1ccc(F)cc1)C(=O)O. The van der Waals surface area contributed by atoms with E-state index in [0.717, 1.165) is 12.1 Å². The highest BCUT2D eigenvalue weighted by atomic mass is 19.1. The lowest BCUT2D eigenvalue weighted by Gasteiger charge is -2.16. The van der Waals surface area contributed by atoms with Crippen molar-refractivity contribution in [1.82, 2.24) is 5.32 Å². The number of aliphatic carboxylic acids is 1. The van der Waals surface area contributed by atoms with Gasteiger partial charge in [-0.05, 0) is 35.9 Å². The number of rotatable bonds is 6. The number of nitrogens with one attached hydrogen (secondary N) is 1. The summed E-state index contributed by atoms with van der Waals surface area (Å²) in [5.74, 6) is -1.65. The lowest BCUT2D eigenvalue weighted by Crippen LogP contribution is -2.42. The van der Waals surface area contributed by atoms with Crippen LogP contribution in [-0.4, -0.2) is 30.1 Å². The molecule has 0 saturated carbocycles. The molecule has 0 fully saturated rings. The van der Waals surface area contributed by atoms with Crippen molar-refractivity contribution in [2.24, 2.45) is 0 Å². The van der Waals surface area contributed by atoms with Gasteiger partial charge in [-0.2, -0.15) is 0 Å².